The number of para-hydroxylation sites is 2. The van der Waals surface area contributed by atoms with E-state index in [1.807, 2.05) is 24.3 Å². The molecular weight excluding hydrogens is 332 g/mol. The van der Waals surface area contributed by atoms with Crippen LogP contribution in [0.15, 0.2) is 61.2 Å². The zero-order valence-corrected chi connectivity index (χ0v) is 14.2. The van der Waals surface area contributed by atoms with E-state index in [0.717, 1.165) is 11.5 Å². The van der Waals surface area contributed by atoms with Crippen LogP contribution in [0.1, 0.15) is 16.8 Å². The molecule has 3 rings (SSSR count). The third-order valence-electron chi connectivity index (χ3n) is 3.92. The summed E-state index contributed by atoms with van der Waals surface area (Å²) >= 11 is 0. The first-order chi connectivity index (χ1) is 12.7. The van der Waals surface area contributed by atoms with Gasteiger partial charge in [0.1, 0.15) is 12.7 Å². The van der Waals surface area contributed by atoms with Crippen molar-refractivity contribution in [1.29, 1.82) is 0 Å². The second-order valence-electron chi connectivity index (χ2n) is 5.81. The number of carbonyl (C=O) groups is 2. The number of fused-ring (bicyclic) bond motifs is 1. The number of anilines is 1. The molecule has 0 fully saturated rings. The second kappa shape index (κ2) is 8.20. The summed E-state index contributed by atoms with van der Waals surface area (Å²) in [6, 6.07) is 14.2. The maximum Gasteiger partial charge on any atom is 0.251 e. The number of nitrogens with one attached hydrogen (secondary N) is 2. The Labute approximate surface area is 151 Å². The van der Waals surface area contributed by atoms with Crippen LogP contribution in [0.2, 0.25) is 0 Å². The number of carbonyl (C=O) groups excluding carboxylic acids is 2. The van der Waals surface area contributed by atoms with Crippen molar-refractivity contribution in [2.45, 2.75) is 12.5 Å². The number of ether oxygens (including phenoxy) is 2. The predicted octanol–water partition coefficient (Wildman–Crippen LogP) is 2.77. The van der Waals surface area contributed by atoms with Crippen molar-refractivity contribution in [3.8, 4) is 11.5 Å². The SMILES string of the molecule is C=CC(=O)Nc1ccc(C(=O)NCCC2COc3ccccc3O2)cc1. The number of hydrogen-bond donors (Lipinski definition) is 2. The summed E-state index contributed by atoms with van der Waals surface area (Å²) in [4.78, 5) is 23.4. The van der Waals surface area contributed by atoms with Gasteiger partial charge in [0.15, 0.2) is 11.5 Å². The first-order valence-corrected chi connectivity index (χ1v) is 8.36. The molecule has 0 bridgehead atoms. The fraction of sp³-hybridized carbons (Fsp3) is 0.200. The fourth-order valence-electron chi connectivity index (χ4n) is 2.55. The minimum absolute atomic E-state index is 0.0957. The van der Waals surface area contributed by atoms with Gasteiger partial charge in [-0.25, -0.2) is 0 Å². The number of benzene rings is 2. The summed E-state index contributed by atoms with van der Waals surface area (Å²) in [6.45, 7) is 4.33. The van der Waals surface area contributed by atoms with Gasteiger partial charge in [-0.3, -0.25) is 9.59 Å². The molecule has 2 aromatic carbocycles. The Bertz CT molecular complexity index is 802. The smallest absolute Gasteiger partial charge is 0.251 e. The van der Waals surface area contributed by atoms with Gasteiger partial charge in [0.05, 0.1) is 0 Å². The van der Waals surface area contributed by atoms with Gasteiger partial charge in [0.2, 0.25) is 5.91 Å². The molecule has 2 aromatic rings. The highest BCUT2D eigenvalue weighted by molar-refractivity contribution is 5.99. The molecule has 1 aliphatic heterocycles. The average molecular weight is 352 g/mol. The van der Waals surface area contributed by atoms with Crippen LogP contribution in [-0.2, 0) is 4.79 Å². The average Bonchev–Trinajstić information content (AvgIpc) is 2.68. The van der Waals surface area contributed by atoms with Crippen LogP contribution in [0, 0.1) is 0 Å². The zero-order valence-electron chi connectivity index (χ0n) is 14.2. The van der Waals surface area contributed by atoms with Crippen LogP contribution in [0.5, 0.6) is 11.5 Å². The molecule has 1 heterocycles. The lowest BCUT2D eigenvalue weighted by atomic mass is 10.2. The van der Waals surface area contributed by atoms with E-state index in [-0.39, 0.29) is 17.9 Å². The van der Waals surface area contributed by atoms with Crippen LogP contribution < -0.4 is 20.1 Å². The summed E-state index contributed by atoms with van der Waals surface area (Å²) in [7, 11) is 0. The van der Waals surface area contributed by atoms with Gasteiger partial charge in [-0.05, 0) is 42.5 Å². The maximum absolute atomic E-state index is 12.2. The second-order valence-corrected chi connectivity index (χ2v) is 5.81. The van der Waals surface area contributed by atoms with Crippen molar-refractivity contribution >= 4 is 17.5 Å². The largest absolute Gasteiger partial charge is 0.486 e. The Morgan fingerprint density at radius 3 is 2.58 bits per heavy atom. The molecule has 26 heavy (non-hydrogen) atoms. The van der Waals surface area contributed by atoms with Crippen molar-refractivity contribution in [2.75, 3.05) is 18.5 Å². The lowest BCUT2D eigenvalue weighted by Crippen LogP contribution is -2.34. The Balaban J connectivity index is 1.46. The number of amides is 2. The van der Waals surface area contributed by atoms with E-state index in [1.165, 1.54) is 6.08 Å². The molecule has 1 aliphatic rings. The van der Waals surface area contributed by atoms with Gasteiger partial charge >= 0.3 is 0 Å². The molecule has 2 amide bonds. The van der Waals surface area contributed by atoms with E-state index in [2.05, 4.69) is 17.2 Å². The van der Waals surface area contributed by atoms with Crippen molar-refractivity contribution in [3.63, 3.8) is 0 Å². The van der Waals surface area contributed by atoms with Gasteiger partial charge in [0.25, 0.3) is 5.91 Å². The van der Waals surface area contributed by atoms with Crippen LogP contribution in [0.25, 0.3) is 0 Å². The van der Waals surface area contributed by atoms with Crippen LogP contribution in [0.3, 0.4) is 0 Å². The minimum atomic E-state index is -0.293. The zero-order chi connectivity index (χ0) is 18.4. The third kappa shape index (κ3) is 4.42. The molecule has 0 aliphatic carbocycles. The Kier molecular flexibility index (Phi) is 5.53. The lowest BCUT2D eigenvalue weighted by Gasteiger charge is -2.26. The van der Waals surface area contributed by atoms with E-state index in [9.17, 15) is 9.59 Å². The molecular formula is C20H20N2O4. The van der Waals surface area contributed by atoms with Crippen LogP contribution in [-0.4, -0.2) is 31.1 Å². The van der Waals surface area contributed by atoms with Crippen molar-refractivity contribution in [1.82, 2.24) is 5.32 Å². The van der Waals surface area contributed by atoms with Crippen LogP contribution >= 0.6 is 0 Å². The number of rotatable bonds is 6. The molecule has 0 radical (unpaired) electrons. The Morgan fingerprint density at radius 1 is 1.12 bits per heavy atom. The van der Waals surface area contributed by atoms with Crippen LogP contribution in [0.4, 0.5) is 5.69 Å². The van der Waals surface area contributed by atoms with E-state index >= 15 is 0 Å². The Hall–Kier alpha value is -3.28. The summed E-state index contributed by atoms with van der Waals surface area (Å²) in [5.41, 5.74) is 1.13. The maximum atomic E-state index is 12.2. The predicted molar refractivity (Wildman–Crippen MR) is 98.6 cm³/mol. The van der Waals surface area contributed by atoms with Gasteiger partial charge < -0.3 is 20.1 Å². The van der Waals surface area contributed by atoms with Gasteiger partial charge in [0, 0.05) is 24.2 Å². The molecule has 134 valence electrons. The van der Waals surface area contributed by atoms with Crippen molar-refractivity contribution < 1.29 is 19.1 Å². The highest BCUT2D eigenvalue weighted by Gasteiger charge is 2.20. The lowest BCUT2D eigenvalue weighted by molar-refractivity contribution is -0.111. The first-order valence-electron chi connectivity index (χ1n) is 8.36. The summed E-state index contributed by atoms with van der Waals surface area (Å²) in [5, 5.41) is 5.50. The van der Waals surface area contributed by atoms with Crippen molar-refractivity contribution in [2.24, 2.45) is 0 Å². The standard InChI is InChI=1S/C20H20N2O4/c1-2-19(23)22-15-9-7-14(8-10-15)20(24)21-12-11-16-13-25-17-5-3-4-6-18(17)26-16/h2-10,16H,1,11-13H2,(H,21,24)(H,22,23). The highest BCUT2D eigenvalue weighted by atomic mass is 16.6. The molecule has 2 N–H and O–H groups in total. The molecule has 6 nitrogen and oxygen atoms in total. The van der Waals surface area contributed by atoms with Gasteiger partial charge in [-0.1, -0.05) is 18.7 Å². The van der Waals surface area contributed by atoms with Gasteiger partial charge in [-0.2, -0.15) is 0 Å². The van der Waals surface area contributed by atoms with E-state index in [0.29, 0.717) is 30.8 Å². The third-order valence-corrected chi connectivity index (χ3v) is 3.92. The quantitative estimate of drug-likeness (QED) is 0.784. The van der Waals surface area contributed by atoms with Gasteiger partial charge in [-0.15, -0.1) is 0 Å². The molecule has 6 heteroatoms. The van der Waals surface area contributed by atoms with Crippen molar-refractivity contribution in [3.05, 3.63) is 66.7 Å². The number of hydrogen-bond acceptors (Lipinski definition) is 4. The Morgan fingerprint density at radius 2 is 1.85 bits per heavy atom. The summed E-state index contributed by atoms with van der Waals surface area (Å²) in [5.74, 6) is 1.01. The highest BCUT2D eigenvalue weighted by Crippen LogP contribution is 2.31. The monoisotopic (exact) mass is 352 g/mol. The molecule has 1 atom stereocenters. The first kappa shape index (κ1) is 17.5. The van der Waals surface area contributed by atoms with E-state index < -0.39 is 0 Å². The minimum Gasteiger partial charge on any atom is -0.486 e. The molecule has 0 saturated carbocycles. The normalized spacial score (nSPS) is 15.0. The molecule has 0 saturated heterocycles. The summed E-state index contributed by atoms with van der Waals surface area (Å²) in [6.07, 6.45) is 1.74. The van der Waals surface area contributed by atoms with E-state index in [4.69, 9.17) is 9.47 Å². The molecule has 0 spiro atoms. The molecule has 1 unspecified atom stereocenters. The molecule has 0 aromatic heterocycles. The topological polar surface area (TPSA) is 76.7 Å². The fourth-order valence-corrected chi connectivity index (χ4v) is 2.55. The van der Waals surface area contributed by atoms with E-state index in [1.54, 1.807) is 24.3 Å². The summed E-state index contributed by atoms with van der Waals surface area (Å²) < 4.78 is 11.5.